The molecule has 4 nitrogen and oxygen atoms in total. The first kappa shape index (κ1) is 14.9. The van der Waals surface area contributed by atoms with Crippen molar-refractivity contribution in [3.8, 4) is 0 Å². The topological polar surface area (TPSA) is 41.1 Å². The SMILES string of the molecule is CCN(CC)c1nccc(Nc2ccc(Cl)c(Cl)c2)n1. The average Bonchev–Trinajstić information content (AvgIpc) is 2.45. The van der Waals surface area contributed by atoms with Crippen LogP contribution in [0.2, 0.25) is 10.0 Å². The summed E-state index contributed by atoms with van der Waals surface area (Å²) < 4.78 is 0. The number of nitrogens with zero attached hydrogens (tertiary/aromatic N) is 3. The van der Waals surface area contributed by atoms with E-state index in [0.29, 0.717) is 16.0 Å². The lowest BCUT2D eigenvalue weighted by molar-refractivity contribution is 0.822. The van der Waals surface area contributed by atoms with Crippen molar-refractivity contribution in [1.29, 1.82) is 0 Å². The second-order valence-electron chi connectivity index (χ2n) is 4.17. The van der Waals surface area contributed by atoms with Crippen molar-refractivity contribution in [2.24, 2.45) is 0 Å². The smallest absolute Gasteiger partial charge is 0.227 e. The molecule has 0 fully saturated rings. The van der Waals surface area contributed by atoms with Gasteiger partial charge in [-0.25, -0.2) is 4.98 Å². The molecule has 0 spiro atoms. The Hall–Kier alpha value is -1.52. The standard InChI is InChI=1S/C14H16Cl2N4/c1-3-20(4-2)14-17-8-7-13(19-14)18-10-5-6-11(15)12(16)9-10/h5-9H,3-4H2,1-2H3,(H,17,18,19). The lowest BCUT2D eigenvalue weighted by Crippen LogP contribution is -2.24. The van der Waals surface area contributed by atoms with Crippen molar-refractivity contribution in [3.63, 3.8) is 0 Å². The normalized spacial score (nSPS) is 10.4. The first-order valence-electron chi connectivity index (χ1n) is 6.44. The van der Waals surface area contributed by atoms with Crippen LogP contribution in [0.15, 0.2) is 30.5 Å². The number of rotatable bonds is 5. The van der Waals surface area contributed by atoms with E-state index in [2.05, 4.69) is 34.0 Å². The minimum atomic E-state index is 0.509. The zero-order valence-corrected chi connectivity index (χ0v) is 12.9. The number of nitrogens with one attached hydrogen (secondary N) is 1. The summed E-state index contributed by atoms with van der Waals surface area (Å²) in [6, 6.07) is 7.19. The Bertz CT molecular complexity index is 585. The highest BCUT2D eigenvalue weighted by Crippen LogP contribution is 2.26. The number of aromatic nitrogens is 2. The molecule has 0 amide bonds. The predicted molar refractivity (Wildman–Crippen MR) is 85.3 cm³/mol. The van der Waals surface area contributed by atoms with Gasteiger partial charge in [-0.1, -0.05) is 23.2 Å². The van der Waals surface area contributed by atoms with Gasteiger partial charge in [0.25, 0.3) is 0 Å². The summed E-state index contributed by atoms with van der Waals surface area (Å²) in [4.78, 5) is 10.9. The molecule has 0 atom stereocenters. The Balaban J connectivity index is 2.21. The minimum absolute atomic E-state index is 0.509. The molecule has 0 saturated heterocycles. The van der Waals surface area contributed by atoms with Gasteiger partial charge in [0, 0.05) is 25.0 Å². The van der Waals surface area contributed by atoms with E-state index < -0.39 is 0 Å². The third kappa shape index (κ3) is 3.52. The Labute approximate surface area is 128 Å². The molecule has 1 N–H and O–H groups in total. The fourth-order valence-electron chi connectivity index (χ4n) is 1.80. The molecular formula is C14H16Cl2N4. The van der Waals surface area contributed by atoms with Crippen LogP contribution in [0.3, 0.4) is 0 Å². The Morgan fingerprint density at radius 2 is 1.85 bits per heavy atom. The molecule has 2 rings (SSSR count). The van der Waals surface area contributed by atoms with E-state index >= 15 is 0 Å². The third-order valence-corrected chi connectivity index (χ3v) is 3.62. The van der Waals surface area contributed by atoms with E-state index in [1.165, 1.54) is 0 Å². The van der Waals surface area contributed by atoms with Gasteiger partial charge in [-0.05, 0) is 38.1 Å². The molecule has 20 heavy (non-hydrogen) atoms. The van der Waals surface area contributed by atoms with Crippen LogP contribution in [-0.2, 0) is 0 Å². The van der Waals surface area contributed by atoms with E-state index in [-0.39, 0.29) is 0 Å². The summed E-state index contributed by atoms with van der Waals surface area (Å²) in [5.41, 5.74) is 0.837. The first-order valence-corrected chi connectivity index (χ1v) is 7.19. The van der Waals surface area contributed by atoms with Gasteiger partial charge in [-0.15, -0.1) is 0 Å². The number of hydrogen-bond acceptors (Lipinski definition) is 4. The molecule has 0 aliphatic carbocycles. The monoisotopic (exact) mass is 310 g/mol. The summed E-state index contributed by atoms with van der Waals surface area (Å²) in [6.07, 6.45) is 1.74. The molecule has 0 aliphatic heterocycles. The fourth-order valence-corrected chi connectivity index (χ4v) is 2.10. The fraction of sp³-hybridized carbons (Fsp3) is 0.286. The van der Waals surface area contributed by atoms with Gasteiger partial charge in [0.05, 0.1) is 10.0 Å². The van der Waals surface area contributed by atoms with Gasteiger partial charge in [0.15, 0.2) is 0 Å². The van der Waals surface area contributed by atoms with Gasteiger partial charge in [0.2, 0.25) is 5.95 Å². The molecule has 0 bridgehead atoms. The maximum atomic E-state index is 5.99. The van der Waals surface area contributed by atoms with E-state index in [9.17, 15) is 0 Å². The Morgan fingerprint density at radius 3 is 2.50 bits per heavy atom. The van der Waals surface area contributed by atoms with Crippen molar-refractivity contribution in [3.05, 3.63) is 40.5 Å². The van der Waals surface area contributed by atoms with Gasteiger partial charge < -0.3 is 10.2 Å². The van der Waals surface area contributed by atoms with E-state index in [1.807, 2.05) is 12.1 Å². The molecule has 0 unspecified atom stereocenters. The van der Waals surface area contributed by atoms with Crippen LogP contribution in [0.1, 0.15) is 13.8 Å². The molecule has 6 heteroatoms. The van der Waals surface area contributed by atoms with Crippen LogP contribution in [0.5, 0.6) is 0 Å². The maximum Gasteiger partial charge on any atom is 0.227 e. The predicted octanol–water partition coefficient (Wildman–Crippen LogP) is 4.37. The highest BCUT2D eigenvalue weighted by Gasteiger charge is 2.06. The largest absolute Gasteiger partial charge is 0.341 e. The summed E-state index contributed by atoms with van der Waals surface area (Å²) in [7, 11) is 0. The lowest BCUT2D eigenvalue weighted by atomic mass is 10.3. The zero-order valence-electron chi connectivity index (χ0n) is 11.4. The van der Waals surface area contributed by atoms with Crippen LogP contribution >= 0.6 is 23.2 Å². The van der Waals surface area contributed by atoms with E-state index in [4.69, 9.17) is 23.2 Å². The van der Waals surface area contributed by atoms with Crippen molar-refractivity contribution in [1.82, 2.24) is 9.97 Å². The van der Waals surface area contributed by atoms with E-state index in [0.717, 1.165) is 24.6 Å². The molecule has 0 saturated carbocycles. The second-order valence-corrected chi connectivity index (χ2v) is 4.98. The Kier molecular flexibility index (Phi) is 5.04. The molecule has 0 radical (unpaired) electrons. The molecular weight excluding hydrogens is 295 g/mol. The van der Waals surface area contributed by atoms with Gasteiger partial charge in [0.1, 0.15) is 5.82 Å². The third-order valence-electron chi connectivity index (χ3n) is 2.88. The molecule has 1 aromatic carbocycles. The average molecular weight is 311 g/mol. The summed E-state index contributed by atoms with van der Waals surface area (Å²) in [5.74, 6) is 1.43. The quantitative estimate of drug-likeness (QED) is 0.890. The first-order chi connectivity index (χ1) is 9.63. The van der Waals surface area contributed by atoms with Crippen molar-refractivity contribution in [2.75, 3.05) is 23.3 Å². The van der Waals surface area contributed by atoms with E-state index in [1.54, 1.807) is 18.3 Å². The number of benzene rings is 1. The summed E-state index contributed by atoms with van der Waals surface area (Å²) in [6.45, 7) is 5.89. The van der Waals surface area contributed by atoms with Crippen molar-refractivity contribution >= 4 is 40.7 Å². The molecule has 106 valence electrons. The van der Waals surface area contributed by atoms with Gasteiger partial charge in [-0.3, -0.25) is 0 Å². The highest BCUT2D eigenvalue weighted by atomic mass is 35.5. The van der Waals surface area contributed by atoms with Crippen LogP contribution in [0, 0.1) is 0 Å². The summed E-state index contributed by atoms with van der Waals surface area (Å²) in [5, 5.41) is 4.23. The van der Waals surface area contributed by atoms with Crippen LogP contribution < -0.4 is 10.2 Å². The summed E-state index contributed by atoms with van der Waals surface area (Å²) >= 11 is 11.9. The van der Waals surface area contributed by atoms with Crippen molar-refractivity contribution in [2.45, 2.75) is 13.8 Å². The second kappa shape index (κ2) is 6.77. The molecule has 1 aromatic heterocycles. The Morgan fingerprint density at radius 1 is 1.10 bits per heavy atom. The highest BCUT2D eigenvalue weighted by molar-refractivity contribution is 6.42. The molecule has 1 heterocycles. The molecule has 2 aromatic rings. The van der Waals surface area contributed by atoms with Crippen LogP contribution in [0.4, 0.5) is 17.5 Å². The number of hydrogen-bond donors (Lipinski definition) is 1. The van der Waals surface area contributed by atoms with Crippen molar-refractivity contribution < 1.29 is 0 Å². The zero-order chi connectivity index (χ0) is 14.5. The number of halogens is 2. The maximum absolute atomic E-state index is 5.99. The van der Waals surface area contributed by atoms with Gasteiger partial charge in [-0.2, -0.15) is 4.98 Å². The van der Waals surface area contributed by atoms with Crippen LogP contribution in [-0.4, -0.2) is 23.1 Å². The lowest BCUT2D eigenvalue weighted by Gasteiger charge is -2.18. The van der Waals surface area contributed by atoms with Gasteiger partial charge >= 0.3 is 0 Å². The van der Waals surface area contributed by atoms with Crippen LogP contribution in [0.25, 0.3) is 0 Å². The molecule has 0 aliphatic rings. The number of anilines is 3. The minimum Gasteiger partial charge on any atom is -0.341 e.